The second-order valence-corrected chi connectivity index (χ2v) is 10.8. The van der Waals surface area contributed by atoms with E-state index in [9.17, 15) is 9.59 Å². The fourth-order valence-electron chi connectivity index (χ4n) is 6.34. The first-order chi connectivity index (χ1) is 18.0. The largest absolute Gasteiger partial charge is 0.371 e. The van der Waals surface area contributed by atoms with Crippen LogP contribution in [0.25, 0.3) is 0 Å². The number of likely N-dealkylation sites (tertiary alicyclic amines) is 1. The Morgan fingerprint density at radius 2 is 1.78 bits per heavy atom. The summed E-state index contributed by atoms with van der Waals surface area (Å²) in [6, 6.07) is 13.7. The highest BCUT2D eigenvalue weighted by Crippen LogP contribution is 2.42. The average Bonchev–Trinajstić information content (AvgIpc) is 3.53. The van der Waals surface area contributed by atoms with Crippen LogP contribution in [0.3, 0.4) is 0 Å². The Morgan fingerprint density at radius 1 is 1.00 bits per heavy atom. The van der Waals surface area contributed by atoms with Gasteiger partial charge in [0.15, 0.2) is 0 Å². The zero-order valence-corrected chi connectivity index (χ0v) is 21.3. The summed E-state index contributed by atoms with van der Waals surface area (Å²) >= 11 is 0. The molecule has 0 unspecified atom stereocenters. The van der Waals surface area contributed by atoms with Crippen LogP contribution >= 0.6 is 0 Å². The van der Waals surface area contributed by atoms with E-state index in [2.05, 4.69) is 38.4 Å². The summed E-state index contributed by atoms with van der Waals surface area (Å²) in [5.41, 5.74) is 5.77. The molecule has 2 saturated heterocycles. The van der Waals surface area contributed by atoms with Crippen molar-refractivity contribution in [3.8, 4) is 0 Å². The molecule has 2 amide bonds. The van der Waals surface area contributed by atoms with Crippen molar-refractivity contribution >= 4 is 17.5 Å². The van der Waals surface area contributed by atoms with Gasteiger partial charge in [-0.2, -0.15) is 0 Å². The van der Waals surface area contributed by atoms with Gasteiger partial charge in [0, 0.05) is 61.7 Å². The first kappa shape index (κ1) is 23.6. The number of amides is 2. The van der Waals surface area contributed by atoms with E-state index in [0.29, 0.717) is 5.56 Å². The molecule has 4 heterocycles. The van der Waals surface area contributed by atoms with Gasteiger partial charge >= 0.3 is 0 Å². The van der Waals surface area contributed by atoms with E-state index in [-0.39, 0.29) is 23.3 Å². The minimum atomic E-state index is -0.111. The van der Waals surface area contributed by atoms with Crippen molar-refractivity contribution in [1.82, 2.24) is 20.2 Å². The second kappa shape index (κ2) is 9.61. The second-order valence-electron chi connectivity index (χ2n) is 10.8. The highest BCUT2D eigenvalue weighted by Gasteiger charge is 2.42. The van der Waals surface area contributed by atoms with Crippen molar-refractivity contribution < 1.29 is 9.59 Å². The molecule has 0 radical (unpaired) electrons. The number of rotatable bonds is 4. The maximum absolute atomic E-state index is 13.6. The standard InChI is InChI=1S/C30H33N5O2/c1-21-25(3-2-13-32-21)28(36)33-27-7-6-22-4-5-23(19-26(22)27)29(37)35-18-12-30(20-35)10-16-34(17-11-30)24-8-14-31-15-9-24/h2-5,8-9,13-15,19,27H,6-7,10-12,16-18,20H2,1H3,(H,33,36)/t27-/m1/s1. The van der Waals surface area contributed by atoms with E-state index in [1.54, 1.807) is 18.3 Å². The van der Waals surface area contributed by atoms with E-state index in [4.69, 9.17) is 0 Å². The number of piperidine rings is 1. The maximum Gasteiger partial charge on any atom is 0.253 e. The minimum Gasteiger partial charge on any atom is -0.371 e. The molecule has 0 saturated carbocycles. The molecular formula is C30H33N5O2. The van der Waals surface area contributed by atoms with Crippen LogP contribution in [-0.2, 0) is 6.42 Å². The third-order valence-electron chi connectivity index (χ3n) is 8.60. The topological polar surface area (TPSA) is 78.4 Å². The Balaban J connectivity index is 1.12. The third kappa shape index (κ3) is 4.59. The van der Waals surface area contributed by atoms with Crippen LogP contribution in [0.15, 0.2) is 61.1 Å². The van der Waals surface area contributed by atoms with Gasteiger partial charge in [0.2, 0.25) is 0 Å². The monoisotopic (exact) mass is 495 g/mol. The number of aromatic nitrogens is 2. The van der Waals surface area contributed by atoms with Gasteiger partial charge in [-0.1, -0.05) is 6.07 Å². The van der Waals surface area contributed by atoms with E-state index < -0.39 is 0 Å². The van der Waals surface area contributed by atoms with Crippen molar-refractivity contribution in [1.29, 1.82) is 0 Å². The molecule has 3 aliphatic rings. The fraction of sp³-hybridized carbons (Fsp3) is 0.400. The molecule has 37 heavy (non-hydrogen) atoms. The van der Waals surface area contributed by atoms with Crippen molar-refractivity contribution in [3.63, 3.8) is 0 Å². The molecule has 1 aromatic carbocycles. The Labute approximate surface area is 217 Å². The van der Waals surface area contributed by atoms with Crippen molar-refractivity contribution in [2.75, 3.05) is 31.1 Å². The number of hydrogen-bond acceptors (Lipinski definition) is 5. The first-order valence-electron chi connectivity index (χ1n) is 13.3. The number of pyridine rings is 2. The Morgan fingerprint density at radius 3 is 2.57 bits per heavy atom. The first-order valence-corrected chi connectivity index (χ1v) is 13.3. The lowest BCUT2D eigenvalue weighted by atomic mass is 9.77. The lowest BCUT2D eigenvalue weighted by Crippen LogP contribution is -2.42. The molecule has 1 atom stereocenters. The lowest BCUT2D eigenvalue weighted by Gasteiger charge is -2.40. The van der Waals surface area contributed by atoms with Crippen LogP contribution in [0, 0.1) is 12.3 Å². The van der Waals surface area contributed by atoms with Crippen LogP contribution in [0.2, 0.25) is 0 Å². The van der Waals surface area contributed by atoms with Crippen LogP contribution in [0.4, 0.5) is 5.69 Å². The number of carbonyl (C=O) groups excluding carboxylic acids is 2. The van der Waals surface area contributed by atoms with Crippen LogP contribution < -0.4 is 10.2 Å². The molecule has 6 rings (SSSR count). The quantitative estimate of drug-likeness (QED) is 0.583. The summed E-state index contributed by atoms with van der Waals surface area (Å²) in [5, 5.41) is 3.18. The molecule has 1 aliphatic carbocycles. The van der Waals surface area contributed by atoms with E-state index in [0.717, 1.165) is 75.1 Å². The average molecular weight is 496 g/mol. The van der Waals surface area contributed by atoms with Crippen LogP contribution in [-0.4, -0.2) is 52.9 Å². The van der Waals surface area contributed by atoms with Gasteiger partial charge in [0.1, 0.15) is 0 Å². The number of nitrogens with one attached hydrogen (secondary N) is 1. The SMILES string of the molecule is Cc1ncccc1C(=O)N[C@@H]1CCc2ccc(C(=O)N3CCC4(CCN(c5ccncc5)CC4)C3)cc21. The molecule has 7 heteroatoms. The molecule has 2 aromatic heterocycles. The summed E-state index contributed by atoms with van der Waals surface area (Å²) in [6.45, 7) is 5.52. The number of fused-ring (bicyclic) bond motifs is 1. The molecule has 2 aliphatic heterocycles. The number of benzene rings is 1. The Hall–Kier alpha value is -3.74. The van der Waals surface area contributed by atoms with Gasteiger partial charge in [0.05, 0.1) is 11.6 Å². The predicted molar refractivity (Wildman–Crippen MR) is 143 cm³/mol. The molecule has 2 fully saturated rings. The van der Waals surface area contributed by atoms with Gasteiger partial charge in [-0.05, 0) is 92.0 Å². The van der Waals surface area contributed by atoms with Gasteiger partial charge < -0.3 is 15.1 Å². The maximum atomic E-state index is 13.6. The minimum absolute atomic E-state index is 0.0858. The molecule has 3 aromatic rings. The molecule has 1 N–H and O–H groups in total. The highest BCUT2D eigenvalue weighted by atomic mass is 16.2. The highest BCUT2D eigenvalue weighted by molar-refractivity contribution is 5.96. The van der Waals surface area contributed by atoms with Gasteiger partial charge in [0.25, 0.3) is 11.8 Å². The summed E-state index contributed by atoms with van der Waals surface area (Å²) in [6.07, 6.45) is 10.4. The normalized spacial score (nSPS) is 20.2. The zero-order valence-electron chi connectivity index (χ0n) is 21.3. The van der Waals surface area contributed by atoms with E-state index in [1.807, 2.05) is 36.4 Å². The summed E-state index contributed by atoms with van der Waals surface area (Å²) < 4.78 is 0. The molecular weight excluding hydrogens is 462 g/mol. The third-order valence-corrected chi connectivity index (χ3v) is 8.60. The summed E-state index contributed by atoms with van der Waals surface area (Å²) in [7, 11) is 0. The molecule has 0 bridgehead atoms. The number of aryl methyl sites for hydroxylation is 2. The van der Waals surface area contributed by atoms with Gasteiger partial charge in [-0.15, -0.1) is 0 Å². The number of nitrogens with zero attached hydrogens (tertiary/aromatic N) is 4. The predicted octanol–water partition coefficient (Wildman–Crippen LogP) is 4.34. The van der Waals surface area contributed by atoms with Crippen LogP contribution in [0.5, 0.6) is 0 Å². The smallest absolute Gasteiger partial charge is 0.253 e. The Bertz CT molecular complexity index is 1320. The van der Waals surface area contributed by atoms with Gasteiger partial charge in [-0.3, -0.25) is 19.6 Å². The number of carbonyl (C=O) groups is 2. The zero-order chi connectivity index (χ0) is 25.4. The van der Waals surface area contributed by atoms with Gasteiger partial charge in [-0.25, -0.2) is 0 Å². The van der Waals surface area contributed by atoms with Crippen molar-refractivity contribution in [2.24, 2.45) is 5.41 Å². The fourth-order valence-corrected chi connectivity index (χ4v) is 6.34. The number of anilines is 1. The van der Waals surface area contributed by atoms with Crippen LogP contribution in [0.1, 0.15) is 69.3 Å². The Kier molecular flexibility index (Phi) is 6.14. The van der Waals surface area contributed by atoms with E-state index in [1.165, 1.54) is 11.3 Å². The summed E-state index contributed by atoms with van der Waals surface area (Å²) in [4.78, 5) is 39.3. The van der Waals surface area contributed by atoms with Crippen molar-refractivity contribution in [3.05, 3.63) is 89.0 Å². The number of hydrogen-bond donors (Lipinski definition) is 1. The van der Waals surface area contributed by atoms with E-state index >= 15 is 0 Å². The lowest BCUT2D eigenvalue weighted by molar-refractivity contribution is 0.0764. The van der Waals surface area contributed by atoms with Crippen molar-refractivity contribution in [2.45, 2.75) is 45.1 Å². The molecule has 7 nitrogen and oxygen atoms in total. The summed E-state index contributed by atoms with van der Waals surface area (Å²) in [5.74, 6) is -0.00362. The molecule has 190 valence electrons. The molecule has 1 spiro atoms.